The number of aryl methyl sites for hydroxylation is 1. The molecule has 0 aliphatic carbocycles. The van der Waals surface area contributed by atoms with Crippen LogP contribution >= 0.6 is 0 Å². The molecular formula is C17H28N2O. The fourth-order valence-corrected chi connectivity index (χ4v) is 2.90. The summed E-state index contributed by atoms with van der Waals surface area (Å²) in [6.45, 7) is 7.43. The number of benzene rings is 1. The minimum atomic E-state index is 0.369. The summed E-state index contributed by atoms with van der Waals surface area (Å²) >= 11 is 0. The topological polar surface area (TPSA) is 24.5 Å². The predicted molar refractivity (Wildman–Crippen MR) is 85.5 cm³/mol. The first kappa shape index (κ1) is 15.3. The Hall–Kier alpha value is -1.06. The second-order valence-corrected chi connectivity index (χ2v) is 5.83. The Labute approximate surface area is 123 Å². The highest BCUT2D eigenvalue weighted by Gasteiger charge is 2.26. The van der Waals surface area contributed by atoms with Gasteiger partial charge in [-0.25, -0.2) is 0 Å². The molecule has 1 fully saturated rings. The fraction of sp³-hybridized carbons (Fsp3) is 0.647. The summed E-state index contributed by atoms with van der Waals surface area (Å²) in [5.41, 5.74) is 2.64. The summed E-state index contributed by atoms with van der Waals surface area (Å²) in [6.07, 6.45) is 4.31. The number of hydrogen-bond acceptors (Lipinski definition) is 3. The van der Waals surface area contributed by atoms with E-state index in [0.717, 1.165) is 19.6 Å². The number of para-hydroxylation sites is 1. The van der Waals surface area contributed by atoms with E-state index in [0.29, 0.717) is 12.2 Å². The second-order valence-electron chi connectivity index (χ2n) is 5.83. The molecule has 112 valence electrons. The van der Waals surface area contributed by atoms with Crippen LogP contribution < -0.4 is 10.2 Å². The quantitative estimate of drug-likeness (QED) is 0.775. The van der Waals surface area contributed by atoms with Gasteiger partial charge in [0.25, 0.3) is 0 Å². The highest BCUT2D eigenvalue weighted by atomic mass is 16.5. The average Bonchev–Trinajstić information content (AvgIpc) is 2.87. The molecule has 2 unspecified atom stereocenters. The van der Waals surface area contributed by atoms with Gasteiger partial charge in [-0.2, -0.15) is 0 Å². The molecule has 1 heterocycles. The number of anilines is 1. The largest absolute Gasteiger partial charge is 0.372 e. The summed E-state index contributed by atoms with van der Waals surface area (Å²) in [5.74, 6) is 0. The van der Waals surface area contributed by atoms with Crippen molar-refractivity contribution in [3.63, 3.8) is 0 Å². The molecule has 0 radical (unpaired) electrons. The van der Waals surface area contributed by atoms with Crippen LogP contribution in [0.25, 0.3) is 0 Å². The average molecular weight is 276 g/mol. The summed E-state index contributed by atoms with van der Waals surface area (Å²) in [4.78, 5) is 2.32. The maximum Gasteiger partial charge on any atom is 0.0755 e. The summed E-state index contributed by atoms with van der Waals surface area (Å²) in [7, 11) is 2.16. The van der Waals surface area contributed by atoms with Gasteiger partial charge in [0.1, 0.15) is 0 Å². The Balaban J connectivity index is 1.78. The number of nitrogens with zero attached hydrogens (tertiary/aromatic N) is 1. The van der Waals surface area contributed by atoms with Crippen LogP contribution in [0, 0.1) is 6.92 Å². The highest BCUT2D eigenvalue weighted by molar-refractivity contribution is 5.52. The van der Waals surface area contributed by atoms with Crippen LogP contribution in [-0.4, -0.2) is 38.9 Å². The molecule has 1 aliphatic rings. The lowest BCUT2D eigenvalue weighted by Gasteiger charge is -2.25. The lowest BCUT2D eigenvalue weighted by atomic mass is 10.1. The van der Waals surface area contributed by atoms with Crippen LogP contribution in [-0.2, 0) is 4.74 Å². The SMILES string of the molecule is CCCNCC1CCC(CN(C)c2ccccc2C)O1. The van der Waals surface area contributed by atoms with Crippen molar-refractivity contribution >= 4 is 5.69 Å². The molecule has 1 N–H and O–H groups in total. The number of ether oxygens (including phenoxy) is 1. The van der Waals surface area contributed by atoms with Crippen LogP contribution in [0.5, 0.6) is 0 Å². The predicted octanol–water partition coefficient (Wildman–Crippen LogP) is 2.98. The molecule has 1 aromatic carbocycles. The Bertz CT molecular complexity index is 408. The zero-order valence-electron chi connectivity index (χ0n) is 13.1. The first-order valence-corrected chi connectivity index (χ1v) is 7.83. The van der Waals surface area contributed by atoms with Gasteiger partial charge in [-0.1, -0.05) is 25.1 Å². The number of rotatable bonds is 7. The molecule has 20 heavy (non-hydrogen) atoms. The molecule has 0 aromatic heterocycles. The second kappa shape index (κ2) is 7.65. The van der Waals surface area contributed by atoms with Crippen molar-refractivity contribution in [2.24, 2.45) is 0 Å². The normalized spacial score (nSPS) is 22.1. The van der Waals surface area contributed by atoms with Crippen LogP contribution in [0.4, 0.5) is 5.69 Å². The van der Waals surface area contributed by atoms with Gasteiger partial charge in [0, 0.05) is 25.8 Å². The fourth-order valence-electron chi connectivity index (χ4n) is 2.90. The van der Waals surface area contributed by atoms with Gasteiger partial charge in [-0.15, -0.1) is 0 Å². The van der Waals surface area contributed by atoms with Crippen molar-refractivity contribution in [2.75, 3.05) is 31.6 Å². The van der Waals surface area contributed by atoms with E-state index in [4.69, 9.17) is 4.74 Å². The third kappa shape index (κ3) is 4.22. The van der Waals surface area contributed by atoms with Gasteiger partial charge in [0.2, 0.25) is 0 Å². The van der Waals surface area contributed by atoms with Crippen molar-refractivity contribution in [1.29, 1.82) is 0 Å². The van der Waals surface area contributed by atoms with Crippen molar-refractivity contribution in [2.45, 2.75) is 45.3 Å². The van der Waals surface area contributed by atoms with E-state index in [1.54, 1.807) is 0 Å². The molecule has 3 nitrogen and oxygen atoms in total. The lowest BCUT2D eigenvalue weighted by molar-refractivity contribution is 0.0501. The van der Waals surface area contributed by atoms with Crippen molar-refractivity contribution in [3.05, 3.63) is 29.8 Å². The first-order chi connectivity index (χ1) is 9.70. The molecule has 0 spiro atoms. The van der Waals surface area contributed by atoms with Crippen molar-refractivity contribution in [3.8, 4) is 0 Å². The van der Waals surface area contributed by atoms with E-state index in [2.05, 4.69) is 55.4 Å². The van der Waals surface area contributed by atoms with Gasteiger partial charge in [0.15, 0.2) is 0 Å². The van der Waals surface area contributed by atoms with E-state index in [1.807, 2.05) is 0 Å². The zero-order chi connectivity index (χ0) is 14.4. The smallest absolute Gasteiger partial charge is 0.0755 e. The van der Waals surface area contributed by atoms with Crippen LogP contribution in [0.2, 0.25) is 0 Å². The third-order valence-corrected chi connectivity index (χ3v) is 4.00. The third-order valence-electron chi connectivity index (χ3n) is 4.00. The number of likely N-dealkylation sites (N-methyl/N-ethyl adjacent to an activating group) is 1. The molecule has 0 saturated carbocycles. The highest BCUT2D eigenvalue weighted by Crippen LogP contribution is 2.23. The zero-order valence-corrected chi connectivity index (χ0v) is 13.1. The van der Waals surface area contributed by atoms with E-state index in [1.165, 1.54) is 30.5 Å². The standard InChI is InChI=1S/C17H28N2O/c1-4-11-18-12-15-9-10-16(20-15)13-19(3)17-8-6-5-7-14(17)2/h5-8,15-16,18H,4,9-13H2,1-3H3. The number of hydrogen-bond donors (Lipinski definition) is 1. The van der Waals surface area contributed by atoms with Crippen LogP contribution in [0.15, 0.2) is 24.3 Å². The van der Waals surface area contributed by atoms with Gasteiger partial charge < -0.3 is 15.0 Å². The summed E-state index contributed by atoms with van der Waals surface area (Å²) in [6, 6.07) is 8.55. The Morgan fingerprint density at radius 1 is 1.25 bits per heavy atom. The van der Waals surface area contributed by atoms with E-state index >= 15 is 0 Å². The lowest BCUT2D eigenvalue weighted by Crippen LogP contribution is -2.32. The van der Waals surface area contributed by atoms with Crippen molar-refractivity contribution in [1.82, 2.24) is 5.32 Å². The van der Waals surface area contributed by atoms with Gasteiger partial charge in [-0.3, -0.25) is 0 Å². The van der Waals surface area contributed by atoms with Gasteiger partial charge in [0.05, 0.1) is 12.2 Å². The molecule has 1 aromatic rings. The van der Waals surface area contributed by atoms with Gasteiger partial charge in [-0.05, 0) is 44.4 Å². The molecule has 1 saturated heterocycles. The molecule has 0 bridgehead atoms. The monoisotopic (exact) mass is 276 g/mol. The molecule has 1 aliphatic heterocycles. The molecular weight excluding hydrogens is 248 g/mol. The van der Waals surface area contributed by atoms with Gasteiger partial charge >= 0.3 is 0 Å². The summed E-state index contributed by atoms with van der Waals surface area (Å²) in [5, 5.41) is 3.45. The van der Waals surface area contributed by atoms with E-state index in [-0.39, 0.29) is 0 Å². The molecule has 0 amide bonds. The minimum Gasteiger partial charge on any atom is -0.372 e. The Morgan fingerprint density at radius 2 is 2.00 bits per heavy atom. The van der Waals surface area contributed by atoms with Crippen LogP contribution in [0.3, 0.4) is 0 Å². The molecule has 3 heteroatoms. The Kier molecular flexibility index (Phi) is 5.86. The van der Waals surface area contributed by atoms with Crippen LogP contribution in [0.1, 0.15) is 31.7 Å². The molecule has 2 atom stereocenters. The maximum absolute atomic E-state index is 6.14. The molecule has 2 rings (SSSR count). The Morgan fingerprint density at radius 3 is 2.75 bits per heavy atom. The summed E-state index contributed by atoms with van der Waals surface area (Å²) < 4.78 is 6.14. The van der Waals surface area contributed by atoms with E-state index in [9.17, 15) is 0 Å². The maximum atomic E-state index is 6.14. The number of nitrogens with one attached hydrogen (secondary N) is 1. The minimum absolute atomic E-state index is 0.369. The van der Waals surface area contributed by atoms with Crippen molar-refractivity contribution < 1.29 is 4.74 Å². The van der Waals surface area contributed by atoms with E-state index < -0.39 is 0 Å². The first-order valence-electron chi connectivity index (χ1n) is 7.83.